The van der Waals surface area contributed by atoms with Crippen molar-refractivity contribution in [3.63, 3.8) is 0 Å². The second kappa shape index (κ2) is 9.36. The van der Waals surface area contributed by atoms with Crippen LogP contribution >= 0.6 is 0 Å². The molecule has 0 atom stereocenters. The zero-order chi connectivity index (χ0) is 20.6. The molecule has 0 spiro atoms. The summed E-state index contributed by atoms with van der Waals surface area (Å²) in [4.78, 5) is 23.3. The number of para-hydroxylation sites is 1. The third kappa shape index (κ3) is 5.10. The van der Waals surface area contributed by atoms with Gasteiger partial charge >= 0.3 is 0 Å². The van der Waals surface area contributed by atoms with Crippen LogP contribution in [0.3, 0.4) is 0 Å². The fraction of sp³-hybridized carbons (Fsp3) is 0.136. The smallest absolute Gasteiger partial charge is 0.271 e. The van der Waals surface area contributed by atoms with Crippen molar-refractivity contribution in [2.75, 3.05) is 19.0 Å². The minimum absolute atomic E-state index is 0.145. The number of nitro benzene ring substituents is 1. The highest BCUT2D eigenvalue weighted by Crippen LogP contribution is 2.30. The number of nitrogens with one attached hydrogen (secondary N) is 1. The molecule has 0 aliphatic rings. The van der Waals surface area contributed by atoms with Crippen LogP contribution in [0, 0.1) is 10.1 Å². The van der Waals surface area contributed by atoms with Gasteiger partial charge in [-0.25, -0.2) is 0 Å². The van der Waals surface area contributed by atoms with E-state index in [9.17, 15) is 14.9 Å². The number of nitro groups is 1. The highest BCUT2D eigenvalue weighted by atomic mass is 16.6. The maximum Gasteiger partial charge on any atom is 0.271 e. The first-order chi connectivity index (χ1) is 14.1. The van der Waals surface area contributed by atoms with Gasteiger partial charge in [0.2, 0.25) is 0 Å². The number of non-ortho nitro benzene ring substituents is 1. The number of carbonyl (C=O) groups is 1. The lowest BCUT2D eigenvalue weighted by Gasteiger charge is -2.13. The average molecular weight is 392 g/mol. The van der Waals surface area contributed by atoms with Gasteiger partial charge in [0.15, 0.2) is 0 Å². The maximum absolute atomic E-state index is 12.8. The van der Waals surface area contributed by atoms with E-state index < -0.39 is 10.8 Å². The minimum atomic E-state index is -0.532. The number of ether oxygens (including phenoxy) is 2. The van der Waals surface area contributed by atoms with Gasteiger partial charge in [0.25, 0.3) is 11.6 Å². The van der Waals surface area contributed by atoms with Crippen LogP contribution < -0.4 is 14.8 Å². The summed E-state index contributed by atoms with van der Waals surface area (Å²) < 4.78 is 11.0. The van der Waals surface area contributed by atoms with E-state index in [4.69, 9.17) is 9.47 Å². The molecule has 0 unspecified atom stereocenters. The van der Waals surface area contributed by atoms with Crippen molar-refractivity contribution in [2.45, 2.75) is 6.42 Å². The molecule has 7 heteroatoms. The monoisotopic (exact) mass is 392 g/mol. The lowest BCUT2D eigenvalue weighted by molar-refractivity contribution is -0.384. The summed E-state index contributed by atoms with van der Waals surface area (Å²) in [7, 11) is 1.43. The minimum Gasteiger partial charge on any atom is -0.495 e. The standard InChI is InChI=1S/C22H20N2O5/c1-28-21-12-11-17(24(26)27)15-19(21)23-22(25)18-9-5-6-10-20(18)29-14-13-16-7-3-2-4-8-16/h2-12,15H,13-14H2,1H3,(H,23,25). The van der Waals surface area contributed by atoms with Crippen molar-refractivity contribution in [1.29, 1.82) is 0 Å². The Morgan fingerprint density at radius 2 is 1.72 bits per heavy atom. The van der Waals surface area contributed by atoms with Crippen molar-refractivity contribution < 1.29 is 19.2 Å². The Balaban J connectivity index is 1.75. The Hall–Kier alpha value is -3.87. The molecule has 0 heterocycles. The molecular formula is C22H20N2O5. The van der Waals surface area contributed by atoms with Crippen molar-refractivity contribution in [3.05, 3.63) is 94.0 Å². The molecule has 3 aromatic rings. The molecule has 29 heavy (non-hydrogen) atoms. The van der Waals surface area contributed by atoms with Gasteiger partial charge in [-0.15, -0.1) is 0 Å². The molecule has 0 radical (unpaired) electrons. The van der Waals surface area contributed by atoms with Crippen LogP contribution in [0.1, 0.15) is 15.9 Å². The molecule has 0 saturated carbocycles. The van der Waals surface area contributed by atoms with E-state index in [2.05, 4.69) is 5.32 Å². The Morgan fingerprint density at radius 3 is 2.45 bits per heavy atom. The molecule has 0 aromatic heterocycles. The van der Waals surface area contributed by atoms with Crippen LogP contribution in [-0.4, -0.2) is 24.5 Å². The van der Waals surface area contributed by atoms with Crippen LogP contribution in [0.2, 0.25) is 0 Å². The molecule has 0 aliphatic heterocycles. The van der Waals surface area contributed by atoms with Gasteiger partial charge in [0.1, 0.15) is 11.5 Å². The number of anilines is 1. The second-order valence-corrected chi connectivity index (χ2v) is 6.18. The summed E-state index contributed by atoms with van der Waals surface area (Å²) in [6.07, 6.45) is 0.704. The van der Waals surface area contributed by atoms with Crippen molar-refractivity contribution >= 4 is 17.3 Å². The Labute approximate surface area is 168 Å². The Morgan fingerprint density at radius 1 is 1.00 bits per heavy atom. The summed E-state index contributed by atoms with van der Waals surface area (Å²) in [5.74, 6) is 0.316. The summed E-state index contributed by atoms with van der Waals surface area (Å²) in [6.45, 7) is 0.411. The van der Waals surface area contributed by atoms with Crippen LogP contribution in [-0.2, 0) is 6.42 Å². The molecule has 148 valence electrons. The van der Waals surface area contributed by atoms with Gasteiger partial charge < -0.3 is 14.8 Å². The molecule has 0 bridgehead atoms. The van der Waals surface area contributed by atoms with Gasteiger partial charge in [-0.05, 0) is 23.8 Å². The normalized spacial score (nSPS) is 10.2. The number of rotatable bonds is 8. The van der Waals surface area contributed by atoms with E-state index in [1.54, 1.807) is 24.3 Å². The van der Waals surface area contributed by atoms with E-state index in [0.29, 0.717) is 30.1 Å². The molecule has 3 aromatic carbocycles. The molecule has 7 nitrogen and oxygen atoms in total. The molecule has 1 N–H and O–H groups in total. The summed E-state index contributed by atoms with van der Waals surface area (Å²) in [6, 6.07) is 20.8. The Kier molecular flexibility index (Phi) is 6.42. The third-order valence-corrected chi connectivity index (χ3v) is 4.26. The average Bonchev–Trinajstić information content (AvgIpc) is 2.74. The second-order valence-electron chi connectivity index (χ2n) is 6.18. The van der Waals surface area contributed by atoms with Gasteiger partial charge in [-0.3, -0.25) is 14.9 Å². The van der Waals surface area contributed by atoms with Crippen LogP contribution in [0.25, 0.3) is 0 Å². The van der Waals surface area contributed by atoms with Crippen molar-refractivity contribution in [1.82, 2.24) is 0 Å². The molecule has 0 fully saturated rings. The fourth-order valence-electron chi connectivity index (χ4n) is 2.80. The third-order valence-electron chi connectivity index (χ3n) is 4.26. The predicted octanol–water partition coefficient (Wildman–Crippen LogP) is 4.48. The number of hydrogen-bond donors (Lipinski definition) is 1. The van der Waals surface area contributed by atoms with Gasteiger partial charge in [-0.1, -0.05) is 42.5 Å². The van der Waals surface area contributed by atoms with Gasteiger partial charge in [-0.2, -0.15) is 0 Å². The highest BCUT2D eigenvalue weighted by molar-refractivity contribution is 6.07. The number of nitrogens with zero attached hydrogens (tertiary/aromatic N) is 1. The summed E-state index contributed by atoms with van der Waals surface area (Å²) in [5.41, 5.74) is 1.53. The molecule has 0 saturated heterocycles. The SMILES string of the molecule is COc1ccc([N+](=O)[O-])cc1NC(=O)c1ccccc1OCCc1ccccc1. The number of hydrogen-bond acceptors (Lipinski definition) is 5. The Bertz CT molecular complexity index is 1010. The highest BCUT2D eigenvalue weighted by Gasteiger charge is 2.17. The molecule has 0 aliphatic carbocycles. The molecule has 3 rings (SSSR count). The van der Waals surface area contributed by atoms with E-state index >= 15 is 0 Å². The fourth-order valence-corrected chi connectivity index (χ4v) is 2.80. The molecule has 1 amide bonds. The predicted molar refractivity (Wildman–Crippen MR) is 110 cm³/mol. The largest absolute Gasteiger partial charge is 0.495 e. The van der Waals surface area contributed by atoms with Crippen LogP contribution in [0.5, 0.6) is 11.5 Å². The maximum atomic E-state index is 12.8. The first-order valence-electron chi connectivity index (χ1n) is 8.98. The number of amides is 1. The van der Waals surface area contributed by atoms with E-state index in [1.807, 2.05) is 30.3 Å². The quantitative estimate of drug-likeness (QED) is 0.451. The lowest BCUT2D eigenvalue weighted by Crippen LogP contribution is -2.15. The lowest BCUT2D eigenvalue weighted by atomic mass is 10.1. The zero-order valence-corrected chi connectivity index (χ0v) is 15.8. The van der Waals surface area contributed by atoms with Gasteiger partial charge in [0, 0.05) is 18.6 Å². The zero-order valence-electron chi connectivity index (χ0n) is 15.8. The topological polar surface area (TPSA) is 90.7 Å². The summed E-state index contributed by atoms with van der Waals surface area (Å²) >= 11 is 0. The van der Waals surface area contributed by atoms with Crippen molar-refractivity contribution in [2.24, 2.45) is 0 Å². The number of benzene rings is 3. The summed E-state index contributed by atoms with van der Waals surface area (Å²) in [5, 5.41) is 13.7. The van der Waals surface area contributed by atoms with Crippen LogP contribution in [0.15, 0.2) is 72.8 Å². The number of methoxy groups -OCH3 is 1. The van der Waals surface area contributed by atoms with E-state index in [-0.39, 0.29) is 11.4 Å². The molecular weight excluding hydrogens is 372 g/mol. The van der Waals surface area contributed by atoms with Gasteiger partial charge in [0.05, 0.1) is 29.9 Å². The van der Waals surface area contributed by atoms with E-state index in [0.717, 1.165) is 5.56 Å². The first kappa shape index (κ1) is 19.9. The van der Waals surface area contributed by atoms with E-state index in [1.165, 1.54) is 25.3 Å². The van der Waals surface area contributed by atoms with Crippen LogP contribution in [0.4, 0.5) is 11.4 Å². The number of carbonyl (C=O) groups excluding carboxylic acids is 1. The first-order valence-corrected chi connectivity index (χ1v) is 8.98. The van der Waals surface area contributed by atoms with Crippen molar-refractivity contribution in [3.8, 4) is 11.5 Å².